The van der Waals surface area contributed by atoms with Crippen LogP contribution in [0.25, 0.3) is 0 Å². The molecule has 3 rings (SSSR count). The Morgan fingerprint density at radius 3 is 2.38 bits per heavy atom. The third-order valence-corrected chi connectivity index (χ3v) is 6.60. The number of carbonyl (C=O) groups is 1. The first-order valence-electron chi connectivity index (χ1n) is 9.18. The smallest absolute Gasteiger partial charge is 0.270 e. The number of non-ortho nitro benzene ring substituents is 1. The second kappa shape index (κ2) is 9.12. The highest BCUT2D eigenvalue weighted by atomic mass is 32.2. The van der Waals surface area contributed by atoms with Crippen LogP contribution in [0, 0.1) is 10.1 Å². The van der Waals surface area contributed by atoms with Gasteiger partial charge in [-0.05, 0) is 18.2 Å². The number of nitrogens with one attached hydrogen (secondary N) is 1. The van der Waals surface area contributed by atoms with Crippen molar-refractivity contribution in [3.05, 3.63) is 64.7 Å². The molecule has 0 unspecified atom stereocenters. The van der Waals surface area contributed by atoms with Crippen molar-refractivity contribution in [1.29, 1.82) is 0 Å². The summed E-state index contributed by atoms with van der Waals surface area (Å²) in [5, 5.41) is 13.7. The van der Waals surface area contributed by atoms with Gasteiger partial charge in [0.05, 0.1) is 9.82 Å². The summed E-state index contributed by atoms with van der Waals surface area (Å²) in [6.45, 7) is 2.06. The van der Waals surface area contributed by atoms with Crippen LogP contribution in [0.1, 0.15) is 6.42 Å². The van der Waals surface area contributed by atoms with Gasteiger partial charge in [0.2, 0.25) is 15.9 Å². The third kappa shape index (κ3) is 5.37. The largest absolute Gasteiger partial charge is 0.326 e. The molecule has 0 aliphatic carbocycles. The van der Waals surface area contributed by atoms with E-state index in [4.69, 9.17) is 0 Å². The summed E-state index contributed by atoms with van der Waals surface area (Å²) < 4.78 is 26.8. The number of hydrogen-bond acceptors (Lipinski definition) is 6. The number of rotatable bonds is 7. The molecule has 0 aromatic heterocycles. The minimum Gasteiger partial charge on any atom is -0.326 e. The quantitative estimate of drug-likeness (QED) is 0.543. The Bertz CT molecular complexity index is 973. The molecule has 2 aromatic rings. The number of benzene rings is 2. The lowest BCUT2D eigenvalue weighted by Gasteiger charge is -2.33. The lowest BCUT2D eigenvalue weighted by molar-refractivity contribution is -0.385. The molecule has 0 radical (unpaired) electrons. The Morgan fingerprint density at radius 1 is 1.03 bits per heavy atom. The summed E-state index contributed by atoms with van der Waals surface area (Å²) in [5.41, 5.74) is 0.486. The number of nitrogens with zero attached hydrogens (tertiary/aromatic N) is 3. The Labute approximate surface area is 169 Å². The van der Waals surface area contributed by atoms with E-state index in [0.29, 0.717) is 26.1 Å². The molecule has 10 heteroatoms. The zero-order valence-electron chi connectivity index (χ0n) is 15.7. The zero-order valence-corrected chi connectivity index (χ0v) is 16.5. The number of sulfonamides is 1. The number of nitro benzene ring substituents is 1. The number of nitro groups is 1. The fourth-order valence-corrected chi connectivity index (χ4v) is 4.57. The minimum absolute atomic E-state index is 0.0811. The maximum absolute atomic E-state index is 12.8. The SMILES string of the molecule is O=C(CCN1CCN(S(=O)(=O)c2cccc([N+](=O)[O-])c2)CC1)Nc1ccccc1. The Morgan fingerprint density at radius 2 is 1.72 bits per heavy atom. The zero-order chi connectivity index (χ0) is 20.9. The first-order chi connectivity index (χ1) is 13.9. The molecule has 1 saturated heterocycles. The number of amides is 1. The van der Waals surface area contributed by atoms with Gasteiger partial charge in [0.15, 0.2) is 0 Å². The van der Waals surface area contributed by atoms with Gasteiger partial charge in [0, 0.05) is 57.0 Å². The lowest BCUT2D eigenvalue weighted by atomic mass is 10.3. The molecule has 1 N–H and O–H groups in total. The molecule has 2 aromatic carbocycles. The van der Waals surface area contributed by atoms with Crippen LogP contribution in [0.4, 0.5) is 11.4 Å². The van der Waals surface area contributed by atoms with Gasteiger partial charge in [-0.25, -0.2) is 8.42 Å². The lowest BCUT2D eigenvalue weighted by Crippen LogP contribution is -2.49. The summed E-state index contributed by atoms with van der Waals surface area (Å²) in [7, 11) is -3.79. The molecular formula is C19H22N4O5S. The Hall–Kier alpha value is -2.82. The van der Waals surface area contributed by atoms with E-state index in [1.165, 1.54) is 22.5 Å². The van der Waals surface area contributed by atoms with Crippen molar-refractivity contribution in [2.75, 3.05) is 38.0 Å². The summed E-state index contributed by atoms with van der Waals surface area (Å²) in [6.07, 6.45) is 0.312. The summed E-state index contributed by atoms with van der Waals surface area (Å²) in [6, 6.07) is 14.3. The highest BCUT2D eigenvalue weighted by molar-refractivity contribution is 7.89. The average molecular weight is 418 g/mol. The predicted molar refractivity (Wildman–Crippen MR) is 108 cm³/mol. The number of para-hydroxylation sites is 1. The molecule has 154 valence electrons. The van der Waals surface area contributed by atoms with E-state index in [1.807, 2.05) is 35.2 Å². The van der Waals surface area contributed by atoms with Gasteiger partial charge < -0.3 is 10.2 Å². The molecule has 0 spiro atoms. The van der Waals surface area contributed by atoms with Gasteiger partial charge >= 0.3 is 0 Å². The van der Waals surface area contributed by atoms with E-state index in [-0.39, 0.29) is 29.6 Å². The van der Waals surface area contributed by atoms with Gasteiger partial charge in [-0.15, -0.1) is 0 Å². The minimum atomic E-state index is -3.79. The fourth-order valence-electron chi connectivity index (χ4n) is 3.10. The predicted octanol–water partition coefficient (Wildman–Crippen LogP) is 1.93. The normalized spacial score (nSPS) is 15.7. The summed E-state index contributed by atoms with van der Waals surface area (Å²) >= 11 is 0. The Balaban J connectivity index is 1.51. The molecule has 1 aliphatic heterocycles. The van der Waals surface area contributed by atoms with E-state index in [0.717, 1.165) is 11.8 Å². The molecule has 0 saturated carbocycles. The fraction of sp³-hybridized carbons (Fsp3) is 0.316. The first-order valence-corrected chi connectivity index (χ1v) is 10.6. The maximum Gasteiger partial charge on any atom is 0.270 e. The number of anilines is 1. The standard InChI is InChI=1S/C19H22N4O5S/c24-19(20-16-5-2-1-3-6-16)9-10-21-11-13-22(14-12-21)29(27,28)18-8-4-7-17(15-18)23(25)26/h1-8,15H,9-14H2,(H,20,24). The molecule has 0 bridgehead atoms. The van der Waals surface area contributed by atoms with Gasteiger partial charge in [-0.3, -0.25) is 14.9 Å². The Kier molecular flexibility index (Phi) is 6.57. The van der Waals surface area contributed by atoms with Crippen molar-refractivity contribution < 1.29 is 18.1 Å². The molecule has 1 aliphatic rings. The van der Waals surface area contributed by atoms with E-state index in [9.17, 15) is 23.3 Å². The third-order valence-electron chi connectivity index (χ3n) is 4.71. The van der Waals surface area contributed by atoms with Crippen molar-refractivity contribution in [3.63, 3.8) is 0 Å². The van der Waals surface area contributed by atoms with Crippen LogP contribution in [0.5, 0.6) is 0 Å². The summed E-state index contributed by atoms with van der Waals surface area (Å²) in [4.78, 5) is 24.3. The van der Waals surface area contributed by atoms with Crippen LogP contribution in [-0.2, 0) is 14.8 Å². The molecule has 1 amide bonds. The van der Waals surface area contributed by atoms with E-state index < -0.39 is 14.9 Å². The summed E-state index contributed by atoms with van der Waals surface area (Å²) in [5.74, 6) is -0.0946. The van der Waals surface area contributed by atoms with Crippen LogP contribution in [-0.4, -0.2) is 61.2 Å². The first kappa shape index (κ1) is 20.9. The van der Waals surface area contributed by atoms with Crippen molar-refractivity contribution in [2.24, 2.45) is 0 Å². The van der Waals surface area contributed by atoms with Crippen LogP contribution < -0.4 is 5.32 Å². The van der Waals surface area contributed by atoms with Crippen molar-refractivity contribution in [3.8, 4) is 0 Å². The average Bonchev–Trinajstić information content (AvgIpc) is 2.73. The van der Waals surface area contributed by atoms with Crippen molar-refractivity contribution in [2.45, 2.75) is 11.3 Å². The highest BCUT2D eigenvalue weighted by Crippen LogP contribution is 2.22. The van der Waals surface area contributed by atoms with Gasteiger partial charge in [-0.2, -0.15) is 4.31 Å². The van der Waals surface area contributed by atoms with Crippen molar-refractivity contribution >= 4 is 27.3 Å². The van der Waals surface area contributed by atoms with Crippen LogP contribution >= 0.6 is 0 Å². The van der Waals surface area contributed by atoms with Gasteiger partial charge in [0.25, 0.3) is 5.69 Å². The molecule has 0 atom stereocenters. The van der Waals surface area contributed by atoms with E-state index in [1.54, 1.807) is 0 Å². The molecule has 1 fully saturated rings. The number of hydrogen-bond donors (Lipinski definition) is 1. The molecule has 1 heterocycles. The van der Waals surface area contributed by atoms with Gasteiger partial charge in [0.1, 0.15) is 0 Å². The second-order valence-electron chi connectivity index (χ2n) is 6.66. The molecule has 29 heavy (non-hydrogen) atoms. The van der Waals surface area contributed by atoms with E-state index >= 15 is 0 Å². The topological polar surface area (TPSA) is 113 Å². The highest BCUT2D eigenvalue weighted by Gasteiger charge is 2.29. The second-order valence-corrected chi connectivity index (χ2v) is 8.60. The molecule has 9 nitrogen and oxygen atoms in total. The van der Waals surface area contributed by atoms with Crippen LogP contribution in [0.3, 0.4) is 0 Å². The van der Waals surface area contributed by atoms with Crippen LogP contribution in [0.15, 0.2) is 59.5 Å². The van der Waals surface area contributed by atoms with Crippen molar-refractivity contribution in [1.82, 2.24) is 9.21 Å². The van der Waals surface area contributed by atoms with E-state index in [2.05, 4.69) is 5.32 Å². The van der Waals surface area contributed by atoms with Crippen LogP contribution in [0.2, 0.25) is 0 Å². The van der Waals surface area contributed by atoms with Gasteiger partial charge in [-0.1, -0.05) is 24.3 Å². The monoisotopic (exact) mass is 418 g/mol. The number of carbonyl (C=O) groups excluding carboxylic acids is 1. The molecular weight excluding hydrogens is 396 g/mol. The number of piperazine rings is 1. The maximum atomic E-state index is 12.8.